The molecule has 4 nitrogen and oxygen atoms in total. The van der Waals surface area contributed by atoms with Gasteiger partial charge in [-0.2, -0.15) is 17.5 Å². The predicted molar refractivity (Wildman–Crippen MR) is 81.0 cm³/mol. The van der Waals surface area contributed by atoms with Crippen LogP contribution in [-0.4, -0.2) is 15.6 Å². The number of carbonyl (C=O) groups is 1. The molecule has 0 aliphatic rings. The minimum atomic E-state index is -4.49. The van der Waals surface area contributed by atoms with Gasteiger partial charge in [0.2, 0.25) is 0 Å². The Morgan fingerprint density at radius 3 is 2.73 bits per heavy atom. The average molecular weight is 364 g/mol. The molecule has 3 aromatic rings. The molecule has 22 heavy (non-hydrogen) atoms. The lowest BCUT2D eigenvalue weighted by Crippen LogP contribution is -2.27. The van der Waals surface area contributed by atoms with Gasteiger partial charge in [-0.15, -0.1) is 22.7 Å². The maximum absolute atomic E-state index is 12.9. The summed E-state index contributed by atoms with van der Waals surface area (Å²) in [5.41, 5.74) is -1.01. The fourth-order valence-corrected chi connectivity index (χ4v) is 4.64. The molecule has 0 spiro atoms. The maximum Gasteiger partial charge on any atom is 0.419 e. The molecule has 1 amide bonds. The Balaban J connectivity index is 2.04. The molecule has 116 valence electrons. The zero-order chi connectivity index (χ0) is 15.9. The van der Waals surface area contributed by atoms with Gasteiger partial charge in [-0.05, 0) is 23.0 Å². The molecule has 0 unspecified atom stereocenters. The van der Waals surface area contributed by atoms with E-state index in [1.165, 1.54) is 11.3 Å². The first-order chi connectivity index (χ1) is 10.4. The van der Waals surface area contributed by atoms with Crippen molar-refractivity contribution in [2.24, 2.45) is 0 Å². The first-order valence-corrected chi connectivity index (χ1v) is 8.38. The number of fused-ring (bicyclic) bond motifs is 1. The quantitative estimate of drug-likeness (QED) is 0.701. The molecule has 3 aromatic heterocycles. The summed E-state index contributed by atoms with van der Waals surface area (Å²) in [5, 5.41) is 12.4. The lowest BCUT2D eigenvalue weighted by atomic mass is 10.3. The van der Waals surface area contributed by atoms with E-state index in [0.29, 0.717) is 0 Å². The molecule has 0 bridgehead atoms. The van der Waals surface area contributed by atoms with Crippen molar-refractivity contribution in [1.29, 1.82) is 0 Å². The van der Waals surface area contributed by atoms with Gasteiger partial charge in [0.1, 0.15) is 10.5 Å². The van der Waals surface area contributed by atoms with Crippen LogP contribution < -0.4 is 4.90 Å². The summed E-state index contributed by atoms with van der Waals surface area (Å²) in [5.74, 6) is 0. The summed E-state index contributed by atoms with van der Waals surface area (Å²) in [6.45, 7) is 0.0868. The minimum Gasteiger partial charge on any atom is -0.465 e. The Bertz CT molecular complexity index is 807. The van der Waals surface area contributed by atoms with Gasteiger partial charge in [-0.25, -0.2) is 4.79 Å². The highest BCUT2D eigenvalue weighted by molar-refractivity contribution is 7.23. The third-order valence-electron chi connectivity index (χ3n) is 2.86. The van der Waals surface area contributed by atoms with E-state index in [1.807, 2.05) is 5.38 Å². The van der Waals surface area contributed by atoms with Crippen molar-refractivity contribution in [3.8, 4) is 0 Å². The standard InChI is InChI=1S/C12H7F3N2O2S3/c13-12(14,15)7-5-21-9-8(7)16-22-10(9)17(11(18)19)4-6-2-1-3-20-6/h1-3,5H,4H2,(H,18,19). The van der Waals surface area contributed by atoms with Crippen LogP contribution in [0.4, 0.5) is 23.0 Å². The normalized spacial score (nSPS) is 12.0. The smallest absolute Gasteiger partial charge is 0.419 e. The lowest BCUT2D eigenvalue weighted by molar-refractivity contribution is -0.136. The molecule has 0 saturated heterocycles. The number of nitrogens with zero attached hydrogens (tertiary/aromatic N) is 2. The van der Waals surface area contributed by atoms with Gasteiger partial charge < -0.3 is 5.11 Å². The third-order valence-corrected chi connectivity index (χ3v) is 5.70. The summed E-state index contributed by atoms with van der Waals surface area (Å²) in [6.07, 6.45) is -5.72. The first kappa shape index (κ1) is 15.3. The molecular weight excluding hydrogens is 357 g/mol. The van der Waals surface area contributed by atoms with Crippen LogP contribution in [0.15, 0.2) is 22.9 Å². The van der Waals surface area contributed by atoms with Gasteiger partial charge >= 0.3 is 12.3 Å². The highest BCUT2D eigenvalue weighted by atomic mass is 32.1. The monoisotopic (exact) mass is 364 g/mol. The van der Waals surface area contributed by atoms with E-state index in [0.717, 1.165) is 38.0 Å². The van der Waals surface area contributed by atoms with E-state index >= 15 is 0 Å². The maximum atomic E-state index is 12.9. The highest BCUT2D eigenvalue weighted by Gasteiger charge is 2.36. The Morgan fingerprint density at radius 2 is 2.14 bits per heavy atom. The summed E-state index contributed by atoms with van der Waals surface area (Å²) in [6, 6.07) is 3.56. The van der Waals surface area contributed by atoms with Gasteiger partial charge in [0, 0.05) is 10.3 Å². The SMILES string of the molecule is O=C(O)N(Cc1cccs1)c1snc2c(C(F)(F)F)csc12. The van der Waals surface area contributed by atoms with Crippen molar-refractivity contribution in [2.75, 3.05) is 4.90 Å². The van der Waals surface area contributed by atoms with Crippen LogP contribution in [0, 0.1) is 0 Å². The Morgan fingerprint density at radius 1 is 1.36 bits per heavy atom. The number of alkyl halides is 3. The van der Waals surface area contributed by atoms with Crippen molar-refractivity contribution in [3.05, 3.63) is 33.3 Å². The molecule has 0 fully saturated rings. The van der Waals surface area contributed by atoms with E-state index in [1.54, 1.807) is 12.1 Å². The number of halogens is 3. The average Bonchev–Trinajstić information content (AvgIpc) is 3.11. The van der Waals surface area contributed by atoms with E-state index in [2.05, 4.69) is 4.37 Å². The van der Waals surface area contributed by atoms with Crippen LogP contribution in [0.2, 0.25) is 0 Å². The summed E-state index contributed by atoms with van der Waals surface area (Å²) < 4.78 is 42.7. The van der Waals surface area contributed by atoms with Gasteiger partial charge in [-0.1, -0.05) is 6.07 Å². The van der Waals surface area contributed by atoms with Crippen molar-refractivity contribution in [1.82, 2.24) is 4.37 Å². The number of amides is 1. The van der Waals surface area contributed by atoms with Crippen LogP contribution in [0.5, 0.6) is 0 Å². The second-order valence-corrected chi connectivity index (χ2v) is 6.92. The van der Waals surface area contributed by atoms with Crippen molar-refractivity contribution in [3.63, 3.8) is 0 Å². The van der Waals surface area contributed by atoms with Crippen LogP contribution in [0.3, 0.4) is 0 Å². The predicted octanol–water partition coefficient (Wildman–Crippen LogP) is 5.12. The van der Waals surface area contributed by atoms with E-state index in [4.69, 9.17) is 0 Å². The molecule has 1 N–H and O–H groups in total. The van der Waals surface area contributed by atoms with Crippen LogP contribution >= 0.6 is 34.2 Å². The van der Waals surface area contributed by atoms with Crippen molar-refractivity contribution in [2.45, 2.75) is 12.7 Å². The molecule has 0 aliphatic carbocycles. The van der Waals surface area contributed by atoms with Gasteiger partial charge in [0.05, 0.1) is 16.8 Å². The van der Waals surface area contributed by atoms with Gasteiger partial charge in [-0.3, -0.25) is 4.90 Å². The van der Waals surface area contributed by atoms with Crippen molar-refractivity contribution < 1.29 is 23.1 Å². The zero-order valence-corrected chi connectivity index (χ0v) is 13.1. The number of aromatic nitrogens is 1. The molecule has 0 aliphatic heterocycles. The van der Waals surface area contributed by atoms with E-state index in [-0.39, 0.29) is 21.8 Å². The van der Waals surface area contributed by atoms with Crippen LogP contribution in [0.1, 0.15) is 10.4 Å². The topological polar surface area (TPSA) is 53.4 Å². The Kier molecular flexibility index (Phi) is 3.83. The first-order valence-electron chi connectivity index (χ1n) is 5.85. The fraction of sp³-hybridized carbons (Fsp3) is 0.167. The van der Waals surface area contributed by atoms with Gasteiger partial charge in [0.15, 0.2) is 0 Å². The summed E-state index contributed by atoms with van der Waals surface area (Å²) >= 11 is 3.01. The summed E-state index contributed by atoms with van der Waals surface area (Å²) in [4.78, 5) is 13.3. The molecule has 3 heterocycles. The number of hydrogen-bond donors (Lipinski definition) is 1. The van der Waals surface area contributed by atoms with E-state index < -0.39 is 17.8 Å². The molecule has 0 atom stereocenters. The molecule has 0 radical (unpaired) electrons. The number of anilines is 1. The highest BCUT2D eigenvalue weighted by Crippen LogP contribution is 2.44. The Labute approximate surface area is 134 Å². The molecular formula is C12H7F3N2O2S3. The van der Waals surface area contributed by atoms with Crippen LogP contribution in [0.25, 0.3) is 10.2 Å². The molecule has 3 rings (SSSR count). The number of hydrogen-bond acceptors (Lipinski definition) is 5. The van der Waals surface area contributed by atoms with Crippen LogP contribution in [-0.2, 0) is 12.7 Å². The minimum absolute atomic E-state index is 0.0868. The van der Waals surface area contributed by atoms with E-state index in [9.17, 15) is 23.1 Å². The fourth-order valence-electron chi connectivity index (χ4n) is 1.88. The van der Waals surface area contributed by atoms with Gasteiger partial charge in [0.25, 0.3) is 0 Å². The number of rotatable bonds is 3. The largest absolute Gasteiger partial charge is 0.465 e. The zero-order valence-electron chi connectivity index (χ0n) is 10.6. The lowest BCUT2D eigenvalue weighted by Gasteiger charge is -2.15. The molecule has 10 heteroatoms. The second-order valence-electron chi connectivity index (χ2n) is 4.26. The molecule has 0 aromatic carbocycles. The Hall–Kier alpha value is -1.65. The summed E-state index contributed by atoms with van der Waals surface area (Å²) in [7, 11) is 0. The number of thiophene rings is 2. The third kappa shape index (κ3) is 2.69. The number of carboxylic acid groups (broad SMARTS) is 1. The second kappa shape index (κ2) is 5.52. The molecule has 0 saturated carbocycles. The van der Waals surface area contributed by atoms with Crippen molar-refractivity contribution >= 4 is 55.5 Å².